The predicted octanol–water partition coefficient (Wildman–Crippen LogP) is 3.27. The number of guanidine groups is 1. The van der Waals surface area contributed by atoms with Crippen molar-refractivity contribution in [1.82, 2.24) is 10.6 Å². The van der Waals surface area contributed by atoms with Crippen molar-refractivity contribution in [2.75, 3.05) is 20.8 Å². The van der Waals surface area contributed by atoms with E-state index in [1.807, 2.05) is 37.3 Å². The van der Waals surface area contributed by atoms with E-state index in [4.69, 9.17) is 9.47 Å². The summed E-state index contributed by atoms with van der Waals surface area (Å²) in [4.78, 5) is 4.28. The predicted molar refractivity (Wildman–Crippen MR) is 102 cm³/mol. The number of aliphatic imine (C=N–C) groups is 1. The van der Waals surface area contributed by atoms with Crippen molar-refractivity contribution in [3.05, 3.63) is 59.2 Å². The molecule has 0 bridgehead atoms. The highest BCUT2D eigenvalue weighted by Crippen LogP contribution is 2.27. The van der Waals surface area contributed by atoms with Gasteiger partial charge in [0.1, 0.15) is 0 Å². The summed E-state index contributed by atoms with van der Waals surface area (Å²) in [5, 5.41) is 6.66. The van der Waals surface area contributed by atoms with Crippen molar-refractivity contribution >= 4 is 5.96 Å². The Morgan fingerprint density at radius 1 is 1.04 bits per heavy atom. The van der Waals surface area contributed by atoms with E-state index >= 15 is 0 Å². The number of ether oxygens (including phenoxy) is 2. The number of hydrogen-bond donors (Lipinski definition) is 2. The van der Waals surface area contributed by atoms with Crippen LogP contribution in [0.1, 0.15) is 23.6 Å². The zero-order chi connectivity index (χ0) is 18.1. The highest BCUT2D eigenvalue weighted by molar-refractivity contribution is 5.79. The minimum absolute atomic E-state index is 0.615. The average Bonchev–Trinajstić information content (AvgIpc) is 2.64. The minimum Gasteiger partial charge on any atom is -0.493 e. The fourth-order valence-electron chi connectivity index (χ4n) is 2.49. The van der Waals surface area contributed by atoms with Crippen LogP contribution in [-0.2, 0) is 13.1 Å². The Kier molecular flexibility index (Phi) is 7.14. The molecule has 0 fully saturated rings. The second-order valence-corrected chi connectivity index (χ2v) is 5.62. The zero-order valence-corrected chi connectivity index (χ0v) is 15.4. The third kappa shape index (κ3) is 5.41. The van der Waals surface area contributed by atoms with Crippen LogP contribution >= 0.6 is 0 Å². The van der Waals surface area contributed by atoms with Crippen LogP contribution in [0.25, 0.3) is 0 Å². The molecule has 0 atom stereocenters. The van der Waals surface area contributed by atoms with Gasteiger partial charge in [0.2, 0.25) is 0 Å². The first-order chi connectivity index (χ1) is 12.2. The van der Waals surface area contributed by atoms with E-state index in [9.17, 15) is 0 Å². The van der Waals surface area contributed by atoms with Gasteiger partial charge < -0.3 is 20.1 Å². The Balaban J connectivity index is 1.93. The first-order valence-corrected chi connectivity index (χ1v) is 8.46. The lowest BCUT2D eigenvalue weighted by molar-refractivity contribution is 0.310. The maximum absolute atomic E-state index is 5.55. The van der Waals surface area contributed by atoms with Gasteiger partial charge in [-0.1, -0.05) is 30.3 Å². The third-order valence-corrected chi connectivity index (χ3v) is 3.92. The first-order valence-electron chi connectivity index (χ1n) is 8.46. The number of benzene rings is 2. The van der Waals surface area contributed by atoms with Gasteiger partial charge in [-0.05, 0) is 42.7 Å². The monoisotopic (exact) mass is 341 g/mol. The Morgan fingerprint density at radius 3 is 2.48 bits per heavy atom. The molecule has 2 aromatic rings. The number of methoxy groups -OCH3 is 1. The molecule has 5 heteroatoms. The topological polar surface area (TPSA) is 54.9 Å². The second-order valence-electron chi connectivity index (χ2n) is 5.62. The fraction of sp³-hybridized carbons (Fsp3) is 0.350. The van der Waals surface area contributed by atoms with E-state index in [0.29, 0.717) is 13.2 Å². The van der Waals surface area contributed by atoms with Gasteiger partial charge in [0, 0.05) is 20.1 Å². The molecule has 2 rings (SSSR count). The summed E-state index contributed by atoms with van der Waals surface area (Å²) in [6.07, 6.45) is 0. The van der Waals surface area contributed by atoms with Gasteiger partial charge in [0.05, 0.1) is 13.7 Å². The smallest absolute Gasteiger partial charge is 0.191 e. The minimum atomic E-state index is 0.615. The molecule has 0 spiro atoms. The standard InChI is InChI=1S/C20H27N3O2/c1-5-25-18-11-10-16(12-19(18)24-4)13-22-20(21-3)23-14-17-9-7-6-8-15(17)2/h6-12H,5,13-14H2,1-4H3,(H2,21,22,23). The van der Waals surface area contributed by atoms with Gasteiger partial charge in [-0.25, -0.2) is 0 Å². The van der Waals surface area contributed by atoms with Crippen LogP contribution in [0, 0.1) is 6.92 Å². The normalized spacial score (nSPS) is 11.1. The average molecular weight is 341 g/mol. The molecule has 0 unspecified atom stereocenters. The molecule has 5 nitrogen and oxygen atoms in total. The Morgan fingerprint density at radius 2 is 1.80 bits per heavy atom. The quantitative estimate of drug-likeness (QED) is 0.599. The number of nitrogens with one attached hydrogen (secondary N) is 2. The molecule has 2 aromatic carbocycles. The van der Waals surface area contributed by atoms with Crippen molar-refractivity contribution < 1.29 is 9.47 Å². The van der Waals surface area contributed by atoms with Crippen LogP contribution in [0.5, 0.6) is 11.5 Å². The van der Waals surface area contributed by atoms with Gasteiger partial charge in [0.25, 0.3) is 0 Å². The van der Waals surface area contributed by atoms with Gasteiger partial charge in [-0.3, -0.25) is 4.99 Å². The molecule has 0 aliphatic rings. The number of aryl methyl sites for hydroxylation is 1. The summed E-state index contributed by atoms with van der Waals surface area (Å²) in [7, 11) is 3.42. The molecule has 0 heterocycles. The van der Waals surface area contributed by atoms with Gasteiger partial charge >= 0.3 is 0 Å². The van der Waals surface area contributed by atoms with Crippen molar-refractivity contribution in [2.45, 2.75) is 26.9 Å². The van der Waals surface area contributed by atoms with Gasteiger partial charge in [-0.2, -0.15) is 0 Å². The third-order valence-electron chi connectivity index (χ3n) is 3.92. The summed E-state index contributed by atoms with van der Waals surface area (Å²) < 4.78 is 10.9. The molecule has 0 saturated carbocycles. The molecule has 134 valence electrons. The number of rotatable bonds is 7. The summed E-state index contributed by atoms with van der Waals surface area (Å²) in [6, 6.07) is 14.3. The molecule has 0 radical (unpaired) electrons. The van der Waals surface area contributed by atoms with Crippen LogP contribution in [0.15, 0.2) is 47.5 Å². The zero-order valence-electron chi connectivity index (χ0n) is 15.4. The van der Waals surface area contributed by atoms with Crippen LogP contribution < -0.4 is 20.1 Å². The van der Waals surface area contributed by atoms with Crippen LogP contribution in [0.2, 0.25) is 0 Å². The molecule has 0 aromatic heterocycles. The molecule has 2 N–H and O–H groups in total. The highest BCUT2D eigenvalue weighted by Gasteiger charge is 2.06. The lowest BCUT2D eigenvalue weighted by Crippen LogP contribution is -2.36. The summed E-state index contributed by atoms with van der Waals surface area (Å²) in [5.74, 6) is 2.26. The number of nitrogens with zero attached hydrogens (tertiary/aromatic N) is 1. The lowest BCUT2D eigenvalue weighted by atomic mass is 10.1. The Bertz CT molecular complexity index is 714. The molecule has 0 aliphatic heterocycles. The largest absolute Gasteiger partial charge is 0.493 e. The van der Waals surface area contributed by atoms with Crippen LogP contribution in [-0.4, -0.2) is 26.7 Å². The van der Waals surface area contributed by atoms with E-state index in [-0.39, 0.29) is 0 Å². The van der Waals surface area contributed by atoms with E-state index in [1.165, 1.54) is 11.1 Å². The molecule has 0 saturated heterocycles. The SMILES string of the molecule is CCOc1ccc(CNC(=NC)NCc2ccccc2C)cc1OC. The molecular weight excluding hydrogens is 314 g/mol. The Labute approximate surface area is 150 Å². The van der Waals surface area contributed by atoms with Crippen molar-refractivity contribution in [3.63, 3.8) is 0 Å². The van der Waals surface area contributed by atoms with Crippen molar-refractivity contribution in [1.29, 1.82) is 0 Å². The maximum atomic E-state index is 5.55. The Hall–Kier alpha value is -2.69. The fourth-order valence-corrected chi connectivity index (χ4v) is 2.49. The molecule has 0 aliphatic carbocycles. The maximum Gasteiger partial charge on any atom is 0.191 e. The molecule has 0 amide bonds. The van der Waals surface area contributed by atoms with E-state index in [1.54, 1.807) is 14.2 Å². The summed E-state index contributed by atoms with van der Waals surface area (Å²) >= 11 is 0. The first kappa shape index (κ1) is 18.6. The summed E-state index contributed by atoms with van der Waals surface area (Å²) in [5.41, 5.74) is 3.62. The lowest BCUT2D eigenvalue weighted by Gasteiger charge is -2.14. The molecular formula is C20H27N3O2. The van der Waals surface area contributed by atoms with E-state index in [0.717, 1.165) is 29.6 Å². The molecule has 25 heavy (non-hydrogen) atoms. The van der Waals surface area contributed by atoms with E-state index < -0.39 is 0 Å². The van der Waals surface area contributed by atoms with Gasteiger partial charge in [-0.15, -0.1) is 0 Å². The van der Waals surface area contributed by atoms with Gasteiger partial charge in [0.15, 0.2) is 17.5 Å². The van der Waals surface area contributed by atoms with Crippen LogP contribution in [0.4, 0.5) is 0 Å². The van der Waals surface area contributed by atoms with Crippen LogP contribution in [0.3, 0.4) is 0 Å². The van der Waals surface area contributed by atoms with E-state index in [2.05, 4.69) is 34.7 Å². The number of hydrogen-bond acceptors (Lipinski definition) is 3. The highest BCUT2D eigenvalue weighted by atomic mass is 16.5. The second kappa shape index (κ2) is 9.57. The van der Waals surface area contributed by atoms with Crippen molar-refractivity contribution in [2.24, 2.45) is 4.99 Å². The summed E-state index contributed by atoms with van der Waals surface area (Å²) in [6.45, 7) is 6.07. The van der Waals surface area contributed by atoms with Crippen molar-refractivity contribution in [3.8, 4) is 11.5 Å².